The molecule has 1 aromatic carbocycles. The number of pyridine rings is 1. The predicted molar refractivity (Wildman–Crippen MR) is 84.0 cm³/mol. The van der Waals surface area contributed by atoms with E-state index < -0.39 is 0 Å². The first kappa shape index (κ1) is 15.0. The van der Waals surface area contributed by atoms with E-state index in [1.807, 2.05) is 12.1 Å². The third-order valence-electron chi connectivity index (χ3n) is 2.69. The van der Waals surface area contributed by atoms with Crippen molar-refractivity contribution in [2.24, 2.45) is 0 Å². The second kappa shape index (κ2) is 6.39. The molecule has 0 radical (unpaired) electrons. The maximum atomic E-state index is 6.15. The first-order valence-corrected chi connectivity index (χ1v) is 6.83. The fourth-order valence-electron chi connectivity index (χ4n) is 1.68. The fourth-order valence-corrected chi connectivity index (χ4v) is 2.34. The monoisotopic (exact) mass is 331 g/mol. The minimum Gasteiger partial charge on any atom is -0.496 e. The van der Waals surface area contributed by atoms with Gasteiger partial charge in [0.1, 0.15) is 17.4 Å². The number of nitrogens with two attached hydrogens (primary N) is 1. The number of anilines is 2. The highest BCUT2D eigenvalue weighted by Gasteiger charge is 2.10. The number of aromatic nitrogens is 1. The molecule has 7 heteroatoms. The minimum atomic E-state index is 0.213. The summed E-state index contributed by atoms with van der Waals surface area (Å²) in [6.45, 7) is 0.399. The molecule has 0 saturated carbocycles. The molecule has 0 atom stereocenters. The van der Waals surface area contributed by atoms with Crippen molar-refractivity contribution in [3.05, 3.63) is 44.9 Å². The number of nitrogens with zero attached hydrogens (tertiary/aromatic N) is 1. The molecule has 2 rings (SSSR count). The Bertz CT molecular complexity index is 634. The van der Waals surface area contributed by atoms with Gasteiger partial charge in [-0.25, -0.2) is 4.98 Å². The summed E-state index contributed by atoms with van der Waals surface area (Å²) in [6.07, 6.45) is 0. The molecule has 0 unspecified atom stereocenters. The summed E-state index contributed by atoms with van der Waals surface area (Å²) < 4.78 is 5.26. The molecule has 2 aromatic rings. The molecule has 0 spiro atoms. The van der Waals surface area contributed by atoms with Crippen LogP contribution < -0.4 is 15.8 Å². The standard InChI is InChI=1S/C13H12Cl3N3O/c1-20-11-4-2-3-8(14)7(11)6-18-13-10(16)5-9(15)12(17)19-13/h2-5H,6H2,1H3,(H3,17,18,19). The first-order chi connectivity index (χ1) is 9.52. The van der Waals surface area contributed by atoms with Gasteiger partial charge in [-0.1, -0.05) is 40.9 Å². The maximum absolute atomic E-state index is 6.15. The topological polar surface area (TPSA) is 60.2 Å². The van der Waals surface area contributed by atoms with Gasteiger partial charge in [0, 0.05) is 17.1 Å². The van der Waals surface area contributed by atoms with Crippen LogP contribution in [0.5, 0.6) is 5.75 Å². The summed E-state index contributed by atoms with van der Waals surface area (Å²) in [6, 6.07) is 6.97. The average Bonchev–Trinajstić information content (AvgIpc) is 2.42. The van der Waals surface area contributed by atoms with Gasteiger partial charge in [-0.15, -0.1) is 0 Å². The lowest BCUT2D eigenvalue weighted by molar-refractivity contribution is 0.410. The van der Waals surface area contributed by atoms with E-state index in [9.17, 15) is 0 Å². The third kappa shape index (κ3) is 3.20. The summed E-state index contributed by atoms with van der Waals surface area (Å²) in [4.78, 5) is 4.09. The molecule has 1 heterocycles. The number of ether oxygens (including phenoxy) is 1. The molecule has 0 bridgehead atoms. The number of halogens is 3. The largest absolute Gasteiger partial charge is 0.496 e. The van der Waals surface area contributed by atoms with Crippen molar-refractivity contribution in [2.45, 2.75) is 6.54 Å². The second-order valence-electron chi connectivity index (χ2n) is 3.96. The van der Waals surface area contributed by atoms with Gasteiger partial charge in [0.05, 0.1) is 17.2 Å². The molecule has 0 aliphatic rings. The Balaban J connectivity index is 2.23. The zero-order chi connectivity index (χ0) is 14.7. The molecule has 0 fully saturated rings. The lowest BCUT2D eigenvalue weighted by atomic mass is 10.2. The molecule has 0 aliphatic carbocycles. The SMILES string of the molecule is COc1cccc(Cl)c1CNc1nc(N)c(Cl)cc1Cl. The Labute approximate surface area is 131 Å². The summed E-state index contributed by atoms with van der Waals surface area (Å²) in [5, 5.41) is 4.36. The van der Waals surface area contributed by atoms with E-state index in [1.54, 1.807) is 13.2 Å². The van der Waals surface area contributed by atoms with E-state index in [0.29, 0.717) is 33.2 Å². The summed E-state index contributed by atoms with van der Waals surface area (Å²) >= 11 is 18.0. The number of benzene rings is 1. The number of hydrogen-bond donors (Lipinski definition) is 2. The smallest absolute Gasteiger partial charge is 0.147 e. The van der Waals surface area contributed by atoms with Crippen LogP contribution in [0.4, 0.5) is 11.6 Å². The van der Waals surface area contributed by atoms with Crippen molar-refractivity contribution in [2.75, 3.05) is 18.2 Å². The molecule has 20 heavy (non-hydrogen) atoms. The van der Waals surface area contributed by atoms with Gasteiger partial charge >= 0.3 is 0 Å². The zero-order valence-corrected chi connectivity index (χ0v) is 12.9. The quantitative estimate of drug-likeness (QED) is 0.879. The molecule has 3 N–H and O–H groups in total. The highest BCUT2D eigenvalue weighted by atomic mass is 35.5. The molecular weight excluding hydrogens is 321 g/mol. The molecule has 0 amide bonds. The number of nitrogens with one attached hydrogen (secondary N) is 1. The van der Waals surface area contributed by atoms with Crippen LogP contribution >= 0.6 is 34.8 Å². The van der Waals surface area contributed by atoms with E-state index in [1.165, 1.54) is 6.07 Å². The van der Waals surface area contributed by atoms with Crippen molar-refractivity contribution >= 4 is 46.4 Å². The Morgan fingerprint density at radius 3 is 2.65 bits per heavy atom. The maximum Gasteiger partial charge on any atom is 0.147 e. The van der Waals surface area contributed by atoms with Gasteiger partial charge in [-0.3, -0.25) is 0 Å². The van der Waals surface area contributed by atoms with Crippen LogP contribution in [0.25, 0.3) is 0 Å². The van der Waals surface area contributed by atoms with E-state index in [0.717, 1.165) is 5.56 Å². The van der Waals surface area contributed by atoms with Crippen molar-refractivity contribution in [3.8, 4) is 5.75 Å². The van der Waals surface area contributed by atoms with Crippen LogP contribution in [-0.2, 0) is 6.54 Å². The molecule has 0 aliphatic heterocycles. The van der Waals surface area contributed by atoms with Crippen LogP contribution in [0.3, 0.4) is 0 Å². The van der Waals surface area contributed by atoms with Crippen molar-refractivity contribution in [1.29, 1.82) is 0 Å². The van der Waals surface area contributed by atoms with Gasteiger partial charge in [-0.05, 0) is 18.2 Å². The van der Waals surface area contributed by atoms with Crippen LogP contribution in [0.1, 0.15) is 5.56 Å². The molecule has 0 saturated heterocycles. The molecule has 1 aromatic heterocycles. The van der Waals surface area contributed by atoms with Gasteiger partial charge in [0.2, 0.25) is 0 Å². The number of methoxy groups -OCH3 is 1. The van der Waals surface area contributed by atoms with Crippen LogP contribution in [0, 0.1) is 0 Å². The zero-order valence-electron chi connectivity index (χ0n) is 10.6. The van der Waals surface area contributed by atoms with Gasteiger partial charge in [0.15, 0.2) is 0 Å². The highest BCUT2D eigenvalue weighted by Crippen LogP contribution is 2.30. The second-order valence-corrected chi connectivity index (χ2v) is 5.18. The van der Waals surface area contributed by atoms with Crippen LogP contribution in [0.2, 0.25) is 15.1 Å². The van der Waals surface area contributed by atoms with E-state index >= 15 is 0 Å². The van der Waals surface area contributed by atoms with E-state index in [2.05, 4.69) is 10.3 Å². The molecule has 106 valence electrons. The van der Waals surface area contributed by atoms with Gasteiger partial charge in [0.25, 0.3) is 0 Å². The Hall–Kier alpha value is -1.36. The molecule has 4 nitrogen and oxygen atoms in total. The highest BCUT2D eigenvalue weighted by molar-refractivity contribution is 6.37. The minimum absolute atomic E-state index is 0.213. The summed E-state index contributed by atoms with van der Waals surface area (Å²) in [5.41, 5.74) is 6.46. The van der Waals surface area contributed by atoms with Crippen molar-refractivity contribution < 1.29 is 4.74 Å². The number of nitrogen functional groups attached to an aromatic ring is 1. The van der Waals surface area contributed by atoms with E-state index in [4.69, 9.17) is 45.3 Å². The Morgan fingerprint density at radius 1 is 1.20 bits per heavy atom. The average molecular weight is 333 g/mol. The first-order valence-electron chi connectivity index (χ1n) is 5.69. The lowest BCUT2D eigenvalue weighted by Gasteiger charge is -2.13. The lowest BCUT2D eigenvalue weighted by Crippen LogP contribution is -2.06. The number of hydrogen-bond acceptors (Lipinski definition) is 4. The Morgan fingerprint density at radius 2 is 1.95 bits per heavy atom. The van der Waals surface area contributed by atoms with Crippen molar-refractivity contribution in [3.63, 3.8) is 0 Å². The summed E-state index contributed by atoms with van der Waals surface area (Å²) in [5.74, 6) is 1.34. The van der Waals surface area contributed by atoms with E-state index in [-0.39, 0.29) is 5.82 Å². The Kier molecular flexibility index (Phi) is 4.81. The van der Waals surface area contributed by atoms with Crippen LogP contribution in [-0.4, -0.2) is 12.1 Å². The van der Waals surface area contributed by atoms with Gasteiger partial charge in [-0.2, -0.15) is 0 Å². The normalized spacial score (nSPS) is 10.4. The summed E-state index contributed by atoms with van der Waals surface area (Å²) in [7, 11) is 1.58. The van der Waals surface area contributed by atoms with Gasteiger partial charge < -0.3 is 15.8 Å². The van der Waals surface area contributed by atoms with Crippen molar-refractivity contribution in [1.82, 2.24) is 4.98 Å². The third-order valence-corrected chi connectivity index (χ3v) is 3.63. The number of rotatable bonds is 4. The molecular formula is C13H12Cl3N3O. The fraction of sp³-hybridized carbons (Fsp3) is 0.154. The predicted octanol–water partition coefficient (Wildman–Crippen LogP) is 4.24. The van der Waals surface area contributed by atoms with Crippen LogP contribution in [0.15, 0.2) is 24.3 Å².